The highest BCUT2D eigenvalue weighted by Crippen LogP contribution is 2.34. The summed E-state index contributed by atoms with van der Waals surface area (Å²) in [5, 5.41) is 18.3. The lowest BCUT2D eigenvalue weighted by atomic mass is 10.2. The second-order valence-corrected chi connectivity index (χ2v) is 7.27. The van der Waals surface area contributed by atoms with Crippen LogP contribution >= 0.6 is 23.4 Å². The van der Waals surface area contributed by atoms with E-state index in [1.165, 1.54) is 28.8 Å². The number of aromatic carboxylic acids is 1. The van der Waals surface area contributed by atoms with Crippen molar-refractivity contribution in [2.45, 2.75) is 0 Å². The van der Waals surface area contributed by atoms with Crippen LogP contribution in [0.4, 0.5) is 5.69 Å². The van der Waals surface area contributed by atoms with E-state index < -0.39 is 5.97 Å². The van der Waals surface area contributed by atoms with Gasteiger partial charge in [0.05, 0.1) is 21.2 Å². The van der Waals surface area contributed by atoms with Gasteiger partial charge in [0.1, 0.15) is 11.8 Å². The summed E-state index contributed by atoms with van der Waals surface area (Å²) >= 11 is 7.36. The number of carboxylic acids is 1. The van der Waals surface area contributed by atoms with Gasteiger partial charge in [-0.25, -0.2) is 9.79 Å². The molecule has 0 aliphatic carbocycles. The van der Waals surface area contributed by atoms with E-state index in [1.54, 1.807) is 43.5 Å². The summed E-state index contributed by atoms with van der Waals surface area (Å²) in [6, 6.07) is 13.0. The molecular formula is C20H14ClN3O4S. The van der Waals surface area contributed by atoms with Gasteiger partial charge in [0.15, 0.2) is 11.8 Å². The summed E-state index contributed by atoms with van der Waals surface area (Å²) in [5.41, 5.74) is 1.41. The zero-order chi connectivity index (χ0) is 21.0. The topological polar surface area (TPSA) is 103 Å². The molecule has 0 saturated carbocycles. The number of halogens is 1. The molecule has 1 N–H and O–H groups in total. The fourth-order valence-corrected chi connectivity index (χ4v) is 3.66. The Morgan fingerprint density at radius 3 is 2.69 bits per heavy atom. The number of hydrogen-bond acceptors (Lipinski definition) is 6. The SMILES string of the molecule is CN1C(=O)/C(=C/c2ccc(OCC#N)c(Cl)c2)SC1=Nc1ccc(C(=O)O)cc1. The van der Waals surface area contributed by atoms with Crippen molar-refractivity contribution < 1.29 is 19.4 Å². The summed E-state index contributed by atoms with van der Waals surface area (Å²) in [6.45, 7) is -0.105. The van der Waals surface area contributed by atoms with Crippen molar-refractivity contribution in [3.05, 3.63) is 63.5 Å². The molecule has 9 heteroatoms. The van der Waals surface area contributed by atoms with Gasteiger partial charge in [-0.3, -0.25) is 9.69 Å². The van der Waals surface area contributed by atoms with Crippen LogP contribution in [0.15, 0.2) is 52.4 Å². The quantitative estimate of drug-likeness (QED) is 0.718. The molecular weight excluding hydrogens is 414 g/mol. The molecule has 3 rings (SSSR count). The number of aliphatic imine (C=N–C) groups is 1. The molecule has 0 aromatic heterocycles. The molecule has 7 nitrogen and oxygen atoms in total. The summed E-state index contributed by atoms with van der Waals surface area (Å²) in [4.78, 5) is 29.8. The van der Waals surface area contributed by atoms with Gasteiger partial charge in [0.25, 0.3) is 5.91 Å². The fraction of sp³-hybridized carbons (Fsp3) is 0.100. The third-order valence-corrected chi connectivity index (χ3v) is 5.24. The van der Waals surface area contributed by atoms with Gasteiger partial charge in [0.2, 0.25) is 0 Å². The van der Waals surface area contributed by atoms with Crippen LogP contribution in [0, 0.1) is 11.3 Å². The number of amidine groups is 1. The van der Waals surface area contributed by atoms with Crippen LogP contribution < -0.4 is 4.74 Å². The lowest BCUT2D eigenvalue weighted by Gasteiger charge is -2.07. The monoisotopic (exact) mass is 427 g/mol. The molecule has 1 aliphatic heterocycles. The van der Waals surface area contributed by atoms with Gasteiger partial charge >= 0.3 is 5.97 Å². The molecule has 2 aromatic carbocycles. The number of hydrogen-bond donors (Lipinski definition) is 1. The Morgan fingerprint density at radius 1 is 1.34 bits per heavy atom. The highest BCUT2D eigenvalue weighted by Gasteiger charge is 2.30. The first kappa shape index (κ1) is 20.5. The van der Waals surface area contributed by atoms with Crippen molar-refractivity contribution in [1.29, 1.82) is 5.26 Å². The number of carboxylic acid groups (broad SMARTS) is 1. The number of carbonyl (C=O) groups is 2. The van der Waals surface area contributed by atoms with Crippen LogP contribution in [0.25, 0.3) is 6.08 Å². The molecule has 1 amide bonds. The third kappa shape index (κ3) is 4.77. The maximum absolute atomic E-state index is 12.5. The first-order valence-corrected chi connectivity index (χ1v) is 9.47. The van der Waals surface area contributed by atoms with Crippen LogP contribution in [0.5, 0.6) is 5.75 Å². The lowest BCUT2D eigenvalue weighted by molar-refractivity contribution is -0.121. The van der Waals surface area contributed by atoms with E-state index in [-0.39, 0.29) is 18.1 Å². The van der Waals surface area contributed by atoms with Crippen LogP contribution in [0.1, 0.15) is 15.9 Å². The summed E-state index contributed by atoms with van der Waals surface area (Å²) < 4.78 is 5.21. The minimum atomic E-state index is -1.01. The Morgan fingerprint density at radius 2 is 2.07 bits per heavy atom. The second kappa shape index (κ2) is 8.82. The molecule has 0 radical (unpaired) electrons. The molecule has 0 atom stereocenters. The summed E-state index contributed by atoms with van der Waals surface area (Å²) in [7, 11) is 1.62. The van der Waals surface area contributed by atoms with Gasteiger partial charge < -0.3 is 9.84 Å². The lowest BCUT2D eigenvalue weighted by Crippen LogP contribution is -2.23. The van der Waals surface area contributed by atoms with Crippen molar-refractivity contribution in [1.82, 2.24) is 4.90 Å². The van der Waals surface area contributed by atoms with Gasteiger partial charge in [-0.2, -0.15) is 5.26 Å². The Bertz CT molecular complexity index is 1070. The van der Waals surface area contributed by atoms with E-state index in [0.717, 1.165) is 0 Å². The predicted molar refractivity (Wildman–Crippen MR) is 111 cm³/mol. The number of nitrogens with zero attached hydrogens (tertiary/aromatic N) is 3. The Labute approximate surface area is 175 Å². The van der Waals surface area contributed by atoms with E-state index >= 15 is 0 Å². The summed E-state index contributed by atoms with van der Waals surface area (Å²) in [5.74, 6) is -0.832. The van der Waals surface area contributed by atoms with E-state index in [1.807, 2.05) is 6.07 Å². The Hall–Kier alpha value is -3.28. The van der Waals surface area contributed by atoms with Crippen LogP contribution in [0.2, 0.25) is 5.02 Å². The maximum atomic E-state index is 12.5. The average molecular weight is 428 g/mol. The molecule has 1 aliphatic rings. The molecule has 0 unspecified atom stereocenters. The molecule has 1 saturated heterocycles. The molecule has 1 fully saturated rings. The van der Waals surface area contributed by atoms with Gasteiger partial charge in [0, 0.05) is 7.05 Å². The molecule has 2 aromatic rings. The maximum Gasteiger partial charge on any atom is 0.335 e. The molecule has 1 heterocycles. The standard InChI is InChI=1S/C20H14ClN3O4S/c1-24-18(25)17(11-12-2-7-16(15(21)10-12)28-9-8-22)29-20(24)23-14-5-3-13(4-6-14)19(26)27/h2-7,10-11H,9H2,1H3,(H,26,27)/b17-11-,23-20?. The van der Waals surface area contributed by atoms with Crippen molar-refractivity contribution >= 4 is 52.2 Å². The van der Waals surface area contributed by atoms with E-state index in [2.05, 4.69) is 4.99 Å². The number of amides is 1. The summed E-state index contributed by atoms with van der Waals surface area (Å²) in [6.07, 6.45) is 1.69. The van der Waals surface area contributed by atoms with E-state index in [4.69, 9.17) is 26.7 Å². The smallest absolute Gasteiger partial charge is 0.335 e. The second-order valence-electron chi connectivity index (χ2n) is 5.86. The van der Waals surface area contributed by atoms with Crippen molar-refractivity contribution in [3.8, 4) is 11.8 Å². The fourth-order valence-electron chi connectivity index (χ4n) is 2.43. The van der Waals surface area contributed by atoms with Crippen molar-refractivity contribution in [2.24, 2.45) is 4.99 Å². The number of likely N-dealkylation sites (N-methyl/N-ethyl adjacent to an activating group) is 1. The minimum Gasteiger partial charge on any atom is -0.478 e. The van der Waals surface area contributed by atoms with E-state index in [0.29, 0.717) is 32.1 Å². The molecule has 146 valence electrons. The largest absolute Gasteiger partial charge is 0.478 e. The van der Waals surface area contributed by atoms with E-state index in [9.17, 15) is 9.59 Å². The number of rotatable bonds is 5. The Balaban J connectivity index is 1.82. The van der Waals surface area contributed by atoms with Crippen LogP contribution in [-0.2, 0) is 4.79 Å². The molecule has 0 spiro atoms. The zero-order valence-electron chi connectivity index (χ0n) is 15.1. The highest BCUT2D eigenvalue weighted by molar-refractivity contribution is 8.18. The number of carbonyl (C=O) groups excluding carboxylic acids is 1. The average Bonchev–Trinajstić information content (AvgIpc) is 2.95. The van der Waals surface area contributed by atoms with Gasteiger partial charge in [-0.1, -0.05) is 17.7 Å². The number of ether oxygens (including phenoxy) is 1. The van der Waals surface area contributed by atoms with Crippen LogP contribution in [0.3, 0.4) is 0 Å². The first-order chi connectivity index (χ1) is 13.9. The number of benzene rings is 2. The van der Waals surface area contributed by atoms with Gasteiger partial charge in [-0.05, 0) is 59.8 Å². The Kier molecular flexibility index (Phi) is 6.22. The molecule has 0 bridgehead atoms. The van der Waals surface area contributed by atoms with Gasteiger partial charge in [-0.15, -0.1) is 0 Å². The van der Waals surface area contributed by atoms with Crippen LogP contribution in [-0.4, -0.2) is 40.7 Å². The molecule has 29 heavy (non-hydrogen) atoms. The number of thioether (sulfide) groups is 1. The minimum absolute atomic E-state index is 0.105. The normalized spacial score (nSPS) is 16.3. The third-order valence-electron chi connectivity index (χ3n) is 3.89. The predicted octanol–water partition coefficient (Wildman–Crippen LogP) is 4.17. The highest BCUT2D eigenvalue weighted by atomic mass is 35.5. The van der Waals surface area contributed by atoms with Crippen molar-refractivity contribution in [2.75, 3.05) is 13.7 Å². The van der Waals surface area contributed by atoms with Crippen molar-refractivity contribution in [3.63, 3.8) is 0 Å². The first-order valence-electron chi connectivity index (χ1n) is 8.28. The zero-order valence-corrected chi connectivity index (χ0v) is 16.7. The number of nitriles is 1.